The number of carbonyl (C=O) groups excluding carboxylic acids is 2. The quantitative estimate of drug-likeness (QED) is 0.101. The summed E-state index contributed by atoms with van der Waals surface area (Å²) in [5.41, 5.74) is 0.452. The molecule has 1 aromatic carbocycles. The highest BCUT2D eigenvalue weighted by Gasteiger charge is 2.42. The molecule has 8 N–H and O–H groups in total. The predicted molar refractivity (Wildman–Crippen MR) is 130 cm³/mol. The van der Waals surface area contributed by atoms with Gasteiger partial charge in [-0.05, 0) is 25.0 Å². The van der Waals surface area contributed by atoms with Crippen molar-refractivity contribution >= 4 is 29.1 Å². The molecule has 2 saturated heterocycles. The summed E-state index contributed by atoms with van der Waals surface area (Å²) in [4.78, 5) is 31.2. The Hall–Kier alpha value is -4.06. The summed E-state index contributed by atoms with van der Waals surface area (Å²) >= 11 is 6.06. The van der Waals surface area contributed by atoms with E-state index in [1.165, 1.54) is 0 Å². The maximum absolute atomic E-state index is 12.9. The lowest BCUT2D eigenvalue weighted by Crippen LogP contribution is -2.58. The lowest BCUT2D eigenvalue weighted by Gasteiger charge is -2.38. The highest BCUT2D eigenvalue weighted by atomic mass is 35.5. The molecule has 0 saturated carbocycles. The molecule has 2 unspecified atom stereocenters. The fraction of sp³-hybridized carbons (Fsp3) is 0.381. The van der Waals surface area contributed by atoms with Gasteiger partial charge in [-0.3, -0.25) is 20.2 Å². The van der Waals surface area contributed by atoms with Crippen LogP contribution in [0.4, 0.5) is 0 Å². The normalized spacial score (nSPS) is 23.4. The molecule has 3 aliphatic heterocycles. The van der Waals surface area contributed by atoms with Crippen LogP contribution in [0.25, 0.3) is 0 Å². The average Bonchev–Trinajstić information content (AvgIpc) is 3.27. The fourth-order valence-electron chi connectivity index (χ4n) is 4.11. The molecule has 0 aliphatic carbocycles. The minimum atomic E-state index is -1.03. The monoisotopic (exact) mass is 512 g/mol. The topological polar surface area (TPSA) is 199 Å². The number of nitrogens with zero attached hydrogens (tertiary/aromatic N) is 6. The summed E-state index contributed by atoms with van der Waals surface area (Å²) in [6.07, 6.45) is -0.178. The summed E-state index contributed by atoms with van der Waals surface area (Å²) in [7, 11) is 0. The van der Waals surface area contributed by atoms with Crippen LogP contribution in [0.2, 0.25) is 0 Å². The van der Waals surface area contributed by atoms with Crippen molar-refractivity contribution < 1.29 is 9.59 Å². The number of amides is 2. The van der Waals surface area contributed by atoms with Gasteiger partial charge in [0.25, 0.3) is 11.8 Å². The third kappa shape index (κ3) is 5.77. The number of hydrogen-bond donors (Lipinski definition) is 6. The van der Waals surface area contributed by atoms with Crippen molar-refractivity contribution in [1.29, 1.82) is 0 Å². The summed E-state index contributed by atoms with van der Waals surface area (Å²) in [5.74, 6) is 15.1. The second-order valence-corrected chi connectivity index (χ2v) is 8.61. The van der Waals surface area contributed by atoms with E-state index in [0.29, 0.717) is 32.5 Å². The Kier molecular flexibility index (Phi) is 7.74. The van der Waals surface area contributed by atoms with E-state index < -0.39 is 18.4 Å². The molecule has 0 bridgehead atoms. The number of likely N-dealkylation sites (tertiary alicyclic amines) is 1. The van der Waals surface area contributed by atoms with Gasteiger partial charge in [0, 0.05) is 36.7 Å². The minimum absolute atomic E-state index is 0.0268. The first-order valence-electron chi connectivity index (χ1n) is 11.1. The first-order valence-corrected chi connectivity index (χ1v) is 11.4. The number of carbonyl (C=O) groups is 2. The lowest BCUT2D eigenvalue weighted by atomic mass is 9.88. The molecule has 1 spiro atoms. The van der Waals surface area contributed by atoms with Crippen LogP contribution in [-0.2, 0) is 9.59 Å². The van der Waals surface area contributed by atoms with Crippen molar-refractivity contribution in [3.05, 3.63) is 46.9 Å². The summed E-state index contributed by atoms with van der Waals surface area (Å²) in [6.45, 7) is 1.70. The van der Waals surface area contributed by atoms with Crippen LogP contribution in [0.5, 0.6) is 0 Å². The van der Waals surface area contributed by atoms with Gasteiger partial charge in [0.15, 0.2) is 22.9 Å². The molecule has 1 aromatic rings. The van der Waals surface area contributed by atoms with Crippen LogP contribution in [0.1, 0.15) is 18.4 Å². The number of rotatable bonds is 4. The summed E-state index contributed by atoms with van der Waals surface area (Å²) in [5, 5.41) is 25.8. The molecule has 2 fully saturated rings. The van der Waals surface area contributed by atoms with Gasteiger partial charge >= 0.3 is 0 Å². The molecule has 188 valence electrons. The average molecular weight is 513 g/mol. The predicted octanol–water partition coefficient (Wildman–Crippen LogP) is -0.621. The molecule has 14 nitrogen and oxygen atoms in total. The second-order valence-electron chi connectivity index (χ2n) is 8.25. The van der Waals surface area contributed by atoms with Gasteiger partial charge in [0.05, 0.1) is 0 Å². The van der Waals surface area contributed by atoms with Gasteiger partial charge in [0.2, 0.25) is 0 Å². The van der Waals surface area contributed by atoms with E-state index in [1.807, 2.05) is 30.3 Å². The Morgan fingerprint density at radius 1 is 1.19 bits per heavy atom. The molecule has 3 aliphatic rings. The van der Waals surface area contributed by atoms with E-state index >= 15 is 0 Å². The standard InChI is InChI=1S/C21H25ClN12O2/c22-16-18(31-33-24)27-17(30-32-23)15(26-16)19(36)28-20-25-12-21(29-20)8-10-34(11-9-21)14(35)7-6-13-4-2-1-3-5-13/h1-5,17,20,25,27,29H,8-12H2,(H2,23,30)(H2,24,31)(H,28,36). The van der Waals surface area contributed by atoms with E-state index in [0.717, 1.165) is 5.56 Å². The van der Waals surface area contributed by atoms with Gasteiger partial charge in [-0.2, -0.15) is 0 Å². The van der Waals surface area contributed by atoms with Crippen LogP contribution in [0, 0.1) is 11.8 Å². The SMILES string of the molecule is NN=NC1=C(Cl)N=C(C(=O)NC2NCC3(CCN(C(=O)C#Cc4ccccc4)CC3)N2)C(N=NN)N1. The molecular weight excluding hydrogens is 488 g/mol. The zero-order valence-electron chi connectivity index (χ0n) is 19.1. The van der Waals surface area contributed by atoms with E-state index in [-0.39, 0.29) is 28.1 Å². The van der Waals surface area contributed by atoms with Crippen molar-refractivity contribution in [3.63, 3.8) is 0 Å². The fourth-order valence-corrected chi connectivity index (χ4v) is 4.30. The Morgan fingerprint density at radius 2 is 1.94 bits per heavy atom. The van der Waals surface area contributed by atoms with Gasteiger partial charge in [-0.15, -0.1) is 10.2 Å². The van der Waals surface area contributed by atoms with Crippen LogP contribution >= 0.6 is 11.6 Å². The van der Waals surface area contributed by atoms with Crippen molar-refractivity contribution in [2.75, 3.05) is 19.6 Å². The molecule has 2 atom stereocenters. The zero-order valence-corrected chi connectivity index (χ0v) is 19.9. The number of nitrogens with one attached hydrogen (secondary N) is 4. The number of aliphatic imine (C=N–C) groups is 1. The number of hydrogen-bond acceptors (Lipinski definition) is 10. The smallest absolute Gasteiger partial charge is 0.298 e. The highest BCUT2D eigenvalue weighted by Crippen LogP contribution is 2.25. The van der Waals surface area contributed by atoms with Crippen LogP contribution in [-0.4, -0.2) is 60.1 Å². The van der Waals surface area contributed by atoms with Crippen LogP contribution < -0.4 is 33.0 Å². The van der Waals surface area contributed by atoms with E-state index in [9.17, 15) is 9.59 Å². The zero-order chi connectivity index (χ0) is 25.5. The summed E-state index contributed by atoms with van der Waals surface area (Å²) < 4.78 is 0. The highest BCUT2D eigenvalue weighted by molar-refractivity contribution is 6.43. The van der Waals surface area contributed by atoms with Gasteiger partial charge < -0.3 is 27.2 Å². The molecule has 36 heavy (non-hydrogen) atoms. The molecule has 0 radical (unpaired) electrons. The molecule has 4 rings (SSSR count). The molecular formula is C21H25ClN12O2. The van der Waals surface area contributed by atoms with Gasteiger partial charge in [0.1, 0.15) is 6.29 Å². The van der Waals surface area contributed by atoms with Crippen molar-refractivity contribution in [1.82, 2.24) is 26.2 Å². The van der Waals surface area contributed by atoms with Crippen molar-refractivity contribution in [2.24, 2.45) is 37.4 Å². The summed E-state index contributed by atoms with van der Waals surface area (Å²) in [6, 6.07) is 9.38. The number of halogens is 1. The minimum Gasteiger partial charge on any atom is -0.338 e. The van der Waals surface area contributed by atoms with Gasteiger partial charge in [-0.1, -0.05) is 46.2 Å². The Balaban J connectivity index is 1.33. The molecule has 15 heteroatoms. The maximum atomic E-state index is 12.9. The van der Waals surface area contributed by atoms with E-state index in [2.05, 4.69) is 58.8 Å². The molecule has 3 heterocycles. The Morgan fingerprint density at radius 3 is 2.64 bits per heavy atom. The Bertz CT molecular complexity index is 1180. The molecule has 2 amide bonds. The largest absolute Gasteiger partial charge is 0.338 e. The van der Waals surface area contributed by atoms with Crippen LogP contribution in [0.3, 0.4) is 0 Å². The number of piperidine rings is 1. The Labute approximate surface area is 211 Å². The van der Waals surface area contributed by atoms with E-state index in [4.69, 9.17) is 23.3 Å². The maximum Gasteiger partial charge on any atom is 0.298 e. The van der Waals surface area contributed by atoms with E-state index in [1.54, 1.807) is 4.90 Å². The van der Waals surface area contributed by atoms with Crippen molar-refractivity contribution in [2.45, 2.75) is 30.8 Å². The third-order valence-electron chi connectivity index (χ3n) is 5.98. The van der Waals surface area contributed by atoms with Crippen LogP contribution in [0.15, 0.2) is 67.0 Å². The first-order chi connectivity index (χ1) is 17.4. The lowest BCUT2D eigenvalue weighted by molar-refractivity contribution is -0.126. The van der Waals surface area contributed by atoms with Gasteiger partial charge in [-0.25, -0.2) is 4.99 Å². The number of benzene rings is 1. The number of nitrogens with two attached hydrogens (primary N) is 2. The second kappa shape index (κ2) is 11.1. The molecule has 0 aromatic heterocycles. The first kappa shape index (κ1) is 25.0. The third-order valence-corrected chi connectivity index (χ3v) is 6.25. The van der Waals surface area contributed by atoms with Crippen molar-refractivity contribution in [3.8, 4) is 11.8 Å².